The number of rotatable bonds is 8. The van der Waals surface area contributed by atoms with Crippen molar-refractivity contribution in [2.45, 2.75) is 19.8 Å². The van der Waals surface area contributed by atoms with Gasteiger partial charge in [0.05, 0.1) is 12.8 Å². The molecule has 0 aliphatic carbocycles. The molecule has 3 N–H and O–H groups in total. The van der Waals surface area contributed by atoms with Crippen molar-refractivity contribution >= 4 is 29.2 Å². The molecule has 0 aromatic heterocycles. The van der Waals surface area contributed by atoms with Crippen molar-refractivity contribution in [3.8, 4) is 0 Å². The Balaban J connectivity index is 2.41. The average Bonchev–Trinajstić information content (AvgIpc) is 2.48. The topological polar surface area (TPSA) is 59.9 Å². The molecule has 0 fully saturated rings. The Morgan fingerprint density at radius 3 is 2.71 bits per heavy atom. The molecule has 0 aliphatic rings. The lowest BCUT2D eigenvalue weighted by molar-refractivity contribution is 0.304. The molecule has 0 amide bonds. The number of hydrazone groups is 1. The number of nitrogens with zero attached hydrogens (tertiary/aromatic N) is 2. The highest BCUT2D eigenvalue weighted by Gasteiger charge is 1.99. The first kappa shape index (κ1) is 17.4. The first-order chi connectivity index (χ1) is 10.2. The molecule has 0 unspecified atom stereocenters. The van der Waals surface area contributed by atoms with Crippen molar-refractivity contribution in [2.24, 2.45) is 5.10 Å². The lowest BCUT2D eigenvalue weighted by atomic mass is 10.2. The molecule has 0 bridgehead atoms. The predicted octanol–water partition coefficient (Wildman–Crippen LogP) is 1.71. The van der Waals surface area contributed by atoms with Crippen molar-refractivity contribution in [3.05, 3.63) is 29.8 Å². The largest absolute Gasteiger partial charge is 0.395 e. The van der Waals surface area contributed by atoms with E-state index >= 15 is 0 Å². The van der Waals surface area contributed by atoms with Crippen LogP contribution in [0.5, 0.6) is 0 Å². The first-order valence-corrected chi connectivity index (χ1v) is 7.57. The Morgan fingerprint density at radius 2 is 2.10 bits per heavy atom. The molecule has 1 aromatic carbocycles. The third-order valence-corrected chi connectivity index (χ3v) is 3.20. The van der Waals surface area contributed by atoms with Crippen LogP contribution in [0.15, 0.2) is 29.4 Å². The second-order valence-corrected chi connectivity index (χ2v) is 5.12. The van der Waals surface area contributed by atoms with E-state index in [0.717, 1.165) is 30.6 Å². The molecule has 0 saturated carbocycles. The molecule has 1 rings (SSSR count). The SMILES string of the molecule is CCCCNC(=S)N/N=C\c1ccc(N(C)CCO)cc1. The Bertz CT molecular complexity index is 447. The van der Waals surface area contributed by atoms with E-state index in [1.54, 1.807) is 6.21 Å². The summed E-state index contributed by atoms with van der Waals surface area (Å²) in [5, 5.41) is 16.6. The molecule has 116 valence electrons. The van der Waals surface area contributed by atoms with Crippen LogP contribution in [0, 0.1) is 0 Å². The quantitative estimate of drug-likeness (QED) is 0.295. The second kappa shape index (κ2) is 10.1. The molecular weight excluding hydrogens is 284 g/mol. The summed E-state index contributed by atoms with van der Waals surface area (Å²) >= 11 is 5.10. The number of aliphatic hydroxyl groups is 1. The van der Waals surface area contributed by atoms with Crippen LogP contribution < -0.4 is 15.6 Å². The van der Waals surface area contributed by atoms with E-state index in [9.17, 15) is 0 Å². The summed E-state index contributed by atoms with van der Waals surface area (Å²) in [4.78, 5) is 1.99. The Labute approximate surface area is 132 Å². The highest BCUT2D eigenvalue weighted by atomic mass is 32.1. The molecule has 1 aromatic rings. The molecule has 6 heteroatoms. The number of anilines is 1. The number of benzene rings is 1. The standard InChI is InChI=1S/C15H24N4OS/c1-3-4-9-16-15(21)18-17-12-13-5-7-14(8-6-13)19(2)10-11-20/h5-8,12,20H,3-4,9-11H2,1-2H3,(H2,16,18,21)/b17-12-. The van der Waals surface area contributed by atoms with Gasteiger partial charge in [-0.2, -0.15) is 5.10 Å². The zero-order chi connectivity index (χ0) is 15.5. The average molecular weight is 308 g/mol. The second-order valence-electron chi connectivity index (χ2n) is 4.72. The van der Waals surface area contributed by atoms with Gasteiger partial charge in [-0.15, -0.1) is 0 Å². The monoisotopic (exact) mass is 308 g/mol. The number of aliphatic hydroxyl groups excluding tert-OH is 1. The van der Waals surface area contributed by atoms with Gasteiger partial charge < -0.3 is 15.3 Å². The summed E-state index contributed by atoms with van der Waals surface area (Å²) in [5.41, 5.74) is 4.84. The fourth-order valence-corrected chi connectivity index (χ4v) is 1.83. The number of thiocarbonyl (C=S) groups is 1. The van der Waals surface area contributed by atoms with Crippen LogP contribution in [-0.4, -0.2) is 43.2 Å². The minimum Gasteiger partial charge on any atom is -0.395 e. The molecule has 5 nitrogen and oxygen atoms in total. The molecular formula is C15H24N4OS. The smallest absolute Gasteiger partial charge is 0.186 e. The van der Waals surface area contributed by atoms with Crippen LogP contribution >= 0.6 is 12.2 Å². The minimum atomic E-state index is 0.145. The fraction of sp³-hybridized carbons (Fsp3) is 0.467. The summed E-state index contributed by atoms with van der Waals surface area (Å²) in [6, 6.07) is 7.94. The van der Waals surface area contributed by atoms with E-state index in [1.807, 2.05) is 36.2 Å². The van der Waals surface area contributed by atoms with Crippen molar-refractivity contribution in [2.75, 3.05) is 31.6 Å². The lowest BCUT2D eigenvalue weighted by Crippen LogP contribution is -2.32. The van der Waals surface area contributed by atoms with Gasteiger partial charge >= 0.3 is 0 Å². The molecule has 0 atom stereocenters. The number of hydrogen-bond acceptors (Lipinski definition) is 4. The molecule has 0 heterocycles. The van der Waals surface area contributed by atoms with Crippen molar-refractivity contribution in [1.82, 2.24) is 10.7 Å². The van der Waals surface area contributed by atoms with Gasteiger partial charge in [0.2, 0.25) is 0 Å². The maximum Gasteiger partial charge on any atom is 0.186 e. The highest BCUT2D eigenvalue weighted by molar-refractivity contribution is 7.80. The summed E-state index contributed by atoms with van der Waals surface area (Å²) in [6.45, 7) is 3.76. The van der Waals surface area contributed by atoms with Gasteiger partial charge in [-0.1, -0.05) is 25.5 Å². The third kappa shape index (κ3) is 7.06. The number of likely N-dealkylation sites (N-methyl/N-ethyl adjacent to an activating group) is 1. The molecule has 21 heavy (non-hydrogen) atoms. The number of nitrogens with one attached hydrogen (secondary N) is 2. The van der Waals surface area contributed by atoms with Gasteiger partial charge in [0.1, 0.15) is 0 Å². The van der Waals surface area contributed by atoms with E-state index in [0.29, 0.717) is 11.7 Å². The van der Waals surface area contributed by atoms with E-state index in [-0.39, 0.29) is 6.61 Å². The van der Waals surface area contributed by atoms with Crippen molar-refractivity contribution in [1.29, 1.82) is 0 Å². The van der Waals surface area contributed by atoms with E-state index in [4.69, 9.17) is 17.3 Å². The molecule has 0 spiro atoms. The van der Waals surface area contributed by atoms with Crippen LogP contribution in [-0.2, 0) is 0 Å². The number of hydrogen-bond donors (Lipinski definition) is 3. The van der Waals surface area contributed by atoms with Crippen molar-refractivity contribution in [3.63, 3.8) is 0 Å². The zero-order valence-electron chi connectivity index (χ0n) is 12.7. The zero-order valence-corrected chi connectivity index (χ0v) is 13.5. The molecule has 0 aliphatic heterocycles. The summed E-state index contributed by atoms with van der Waals surface area (Å²) in [5.74, 6) is 0. The third-order valence-electron chi connectivity index (χ3n) is 2.96. The summed E-state index contributed by atoms with van der Waals surface area (Å²) < 4.78 is 0. The van der Waals surface area contributed by atoms with Crippen LogP contribution in [0.4, 0.5) is 5.69 Å². The summed E-state index contributed by atoms with van der Waals surface area (Å²) in [6.07, 6.45) is 3.95. The van der Waals surface area contributed by atoms with Crippen LogP contribution in [0.25, 0.3) is 0 Å². The van der Waals surface area contributed by atoms with Gasteiger partial charge in [-0.05, 0) is 36.3 Å². The van der Waals surface area contributed by atoms with Gasteiger partial charge in [0.25, 0.3) is 0 Å². The minimum absolute atomic E-state index is 0.145. The normalized spacial score (nSPS) is 10.6. The maximum absolute atomic E-state index is 8.91. The summed E-state index contributed by atoms with van der Waals surface area (Å²) in [7, 11) is 1.95. The van der Waals surface area contributed by atoms with Gasteiger partial charge in [-0.3, -0.25) is 5.43 Å². The van der Waals surface area contributed by atoms with Crippen molar-refractivity contribution < 1.29 is 5.11 Å². The van der Waals surface area contributed by atoms with Crippen LogP contribution in [0.1, 0.15) is 25.3 Å². The molecule has 0 radical (unpaired) electrons. The van der Waals surface area contributed by atoms with E-state index in [2.05, 4.69) is 22.8 Å². The fourth-order valence-electron chi connectivity index (χ4n) is 1.68. The Morgan fingerprint density at radius 1 is 1.38 bits per heavy atom. The van der Waals surface area contributed by atoms with E-state index in [1.165, 1.54) is 0 Å². The maximum atomic E-state index is 8.91. The Kier molecular flexibility index (Phi) is 8.38. The number of unbranched alkanes of at least 4 members (excludes halogenated alkanes) is 1. The Hall–Kier alpha value is -1.66. The predicted molar refractivity (Wildman–Crippen MR) is 93.0 cm³/mol. The lowest BCUT2D eigenvalue weighted by Gasteiger charge is -2.17. The van der Waals surface area contributed by atoms with Gasteiger partial charge in [-0.25, -0.2) is 0 Å². The van der Waals surface area contributed by atoms with E-state index < -0.39 is 0 Å². The van der Waals surface area contributed by atoms with Crippen LogP contribution in [0.3, 0.4) is 0 Å². The van der Waals surface area contributed by atoms with Gasteiger partial charge in [0.15, 0.2) is 5.11 Å². The first-order valence-electron chi connectivity index (χ1n) is 7.16. The molecule has 0 saturated heterocycles. The van der Waals surface area contributed by atoms with Gasteiger partial charge in [0, 0.05) is 25.8 Å². The highest BCUT2D eigenvalue weighted by Crippen LogP contribution is 2.12. The van der Waals surface area contributed by atoms with Crippen LogP contribution in [0.2, 0.25) is 0 Å².